The molecule has 0 spiro atoms. The van der Waals surface area contributed by atoms with Crippen LogP contribution >= 0.6 is 0 Å². The van der Waals surface area contributed by atoms with E-state index < -0.39 is 6.67 Å². The van der Waals surface area contributed by atoms with Crippen molar-refractivity contribution >= 4 is 0 Å². The lowest BCUT2D eigenvalue weighted by Crippen LogP contribution is -2.27. The van der Waals surface area contributed by atoms with Gasteiger partial charge in [0.25, 0.3) is 0 Å². The van der Waals surface area contributed by atoms with Crippen LogP contribution in [0.2, 0.25) is 0 Å². The first kappa shape index (κ1) is 24.6. The van der Waals surface area contributed by atoms with E-state index in [4.69, 9.17) is 0 Å². The monoisotopic (exact) mass is 476 g/mol. The Bertz CT molecular complexity index is 1300. The number of hydrogen-bond acceptors (Lipinski definition) is 4. The molecule has 8 heteroatoms. The minimum Gasteiger partial charge on any atom is -0.293 e. The maximum Gasteiger partial charge on any atom is 0.328 e. The molecule has 0 saturated carbocycles. The number of nitrogens with zero attached hydrogens (tertiary/aromatic N) is 5. The number of rotatable bonds is 10. The summed E-state index contributed by atoms with van der Waals surface area (Å²) in [6, 6.07) is 16.0. The summed E-state index contributed by atoms with van der Waals surface area (Å²) in [4.78, 5) is 13.4. The van der Waals surface area contributed by atoms with Crippen LogP contribution in [0.4, 0.5) is 4.39 Å². The predicted molar refractivity (Wildman–Crippen MR) is 136 cm³/mol. The molecular weight excluding hydrogens is 443 g/mol. The number of aromatic nitrogens is 6. The van der Waals surface area contributed by atoms with Gasteiger partial charge in [-0.15, -0.1) is 10.2 Å². The molecule has 2 heterocycles. The maximum absolute atomic E-state index is 14.2. The van der Waals surface area contributed by atoms with Gasteiger partial charge in [0, 0.05) is 17.8 Å². The van der Waals surface area contributed by atoms with Crippen LogP contribution in [-0.4, -0.2) is 29.8 Å². The van der Waals surface area contributed by atoms with Gasteiger partial charge in [0.15, 0.2) is 0 Å². The number of nitrogens with one attached hydrogen (secondary N) is 1. The van der Waals surface area contributed by atoms with Crippen LogP contribution in [0.15, 0.2) is 53.3 Å². The minimum atomic E-state index is -0.631. The van der Waals surface area contributed by atoms with Crippen LogP contribution in [-0.2, 0) is 26.2 Å². The summed E-state index contributed by atoms with van der Waals surface area (Å²) in [5.41, 5.74) is 5.11. The number of aromatic amines is 1. The highest BCUT2D eigenvalue weighted by molar-refractivity contribution is 5.80. The van der Waals surface area contributed by atoms with E-state index in [1.165, 1.54) is 0 Å². The first-order valence-electron chi connectivity index (χ1n) is 12.2. The lowest BCUT2D eigenvalue weighted by atomic mass is 9.98. The van der Waals surface area contributed by atoms with Gasteiger partial charge >= 0.3 is 5.69 Å². The van der Waals surface area contributed by atoms with E-state index >= 15 is 0 Å². The van der Waals surface area contributed by atoms with Crippen molar-refractivity contribution in [2.75, 3.05) is 0 Å². The van der Waals surface area contributed by atoms with Gasteiger partial charge < -0.3 is 0 Å². The number of tetrazole rings is 1. The molecule has 0 saturated heterocycles. The molecule has 2 aromatic heterocycles. The van der Waals surface area contributed by atoms with Crippen molar-refractivity contribution in [3.63, 3.8) is 0 Å². The van der Waals surface area contributed by atoms with Crippen LogP contribution in [0.3, 0.4) is 0 Å². The second-order valence-corrected chi connectivity index (χ2v) is 9.81. The Kier molecular flexibility index (Phi) is 7.58. The molecule has 0 fully saturated rings. The molecule has 2 aromatic carbocycles. The smallest absolute Gasteiger partial charge is 0.293 e. The Morgan fingerprint density at radius 2 is 1.63 bits per heavy atom. The van der Waals surface area contributed by atoms with E-state index in [9.17, 15) is 9.18 Å². The van der Waals surface area contributed by atoms with E-state index in [1.54, 1.807) is 9.13 Å². The lowest BCUT2D eigenvalue weighted by Gasteiger charge is -2.12. The Morgan fingerprint density at radius 1 is 0.914 bits per heavy atom. The summed E-state index contributed by atoms with van der Waals surface area (Å²) in [6.45, 7) is 8.69. The standard InChI is InChI=1S/C27H33FN6O/c1-18(2)9-14-24-25(15-28)33(16-19(3)4)27(35)34(24)17-20-10-12-21(13-11-20)22-7-5-6-8-23(22)26-29-31-32-30-26/h5-8,10-13,18-19H,9,14-17H2,1-4H3,(H,29,30,31,32). The number of H-pyrrole nitrogens is 1. The fourth-order valence-corrected chi connectivity index (χ4v) is 4.44. The van der Waals surface area contributed by atoms with Gasteiger partial charge in [-0.05, 0) is 46.6 Å². The van der Waals surface area contributed by atoms with Gasteiger partial charge in [0.1, 0.15) is 6.67 Å². The first-order chi connectivity index (χ1) is 16.9. The Hall–Kier alpha value is -3.55. The molecule has 1 N–H and O–H groups in total. The van der Waals surface area contributed by atoms with Gasteiger partial charge in [-0.1, -0.05) is 76.2 Å². The molecule has 184 valence electrons. The van der Waals surface area contributed by atoms with Gasteiger partial charge in [0.2, 0.25) is 5.82 Å². The largest absolute Gasteiger partial charge is 0.328 e. The molecule has 0 amide bonds. The van der Waals surface area contributed by atoms with Gasteiger partial charge in [0.05, 0.1) is 12.2 Å². The maximum atomic E-state index is 14.2. The molecular formula is C27H33FN6O. The average molecular weight is 477 g/mol. The van der Waals surface area contributed by atoms with Gasteiger partial charge in [-0.25, -0.2) is 9.18 Å². The lowest BCUT2D eigenvalue weighted by molar-refractivity contribution is 0.427. The number of alkyl halides is 1. The summed E-state index contributed by atoms with van der Waals surface area (Å²) < 4.78 is 17.6. The van der Waals surface area contributed by atoms with Crippen LogP contribution < -0.4 is 5.69 Å². The third-order valence-corrected chi connectivity index (χ3v) is 6.20. The molecule has 0 atom stereocenters. The quantitative estimate of drug-likeness (QED) is 0.339. The second kappa shape index (κ2) is 10.8. The van der Waals surface area contributed by atoms with Crippen molar-refractivity contribution < 1.29 is 4.39 Å². The second-order valence-electron chi connectivity index (χ2n) is 9.81. The molecule has 4 aromatic rings. The van der Waals surface area contributed by atoms with E-state index in [1.807, 2.05) is 62.4 Å². The van der Waals surface area contributed by atoms with E-state index in [2.05, 4.69) is 34.5 Å². The van der Waals surface area contributed by atoms with E-state index in [0.717, 1.165) is 34.4 Å². The van der Waals surface area contributed by atoms with Crippen molar-refractivity contribution in [2.24, 2.45) is 11.8 Å². The van der Waals surface area contributed by atoms with Crippen molar-refractivity contribution in [3.8, 4) is 22.5 Å². The van der Waals surface area contributed by atoms with Crippen LogP contribution in [0.25, 0.3) is 22.5 Å². The normalized spacial score (nSPS) is 11.6. The Balaban J connectivity index is 1.67. The van der Waals surface area contributed by atoms with Crippen molar-refractivity contribution in [1.82, 2.24) is 29.8 Å². The van der Waals surface area contributed by atoms with Crippen molar-refractivity contribution in [2.45, 2.75) is 60.3 Å². The zero-order valence-electron chi connectivity index (χ0n) is 20.8. The molecule has 35 heavy (non-hydrogen) atoms. The van der Waals surface area contributed by atoms with E-state index in [-0.39, 0.29) is 11.6 Å². The number of benzene rings is 2. The molecule has 0 bridgehead atoms. The molecule has 7 nitrogen and oxygen atoms in total. The Labute approximate surface area is 205 Å². The molecule has 0 aliphatic heterocycles. The highest BCUT2D eigenvalue weighted by Crippen LogP contribution is 2.30. The predicted octanol–water partition coefficient (Wildman–Crippen LogP) is 5.26. The SMILES string of the molecule is CC(C)CCc1c(CF)n(CC(C)C)c(=O)n1Cc1ccc(-c2ccccc2-c2nn[nH]n2)cc1. The Morgan fingerprint density at radius 3 is 2.23 bits per heavy atom. The molecule has 0 unspecified atom stereocenters. The number of hydrogen-bond donors (Lipinski definition) is 1. The average Bonchev–Trinajstić information content (AvgIpc) is 3.46. The summed E-state index contributed by atoms with van der Waals surface area (Å²) >= 11 is 0. The fraction of sp³-hybridized carbons (Fsp3) is 0.407. The molecule has 0 radical (unpaired) electrons. The van der Waals surface area contributed by atoms with Crippen molar-refractivity contribution in [3.05, 3.63) is 76.0 Å². The molecule has 0 aliphatic carbocycles. The highest BCUT2D eigenvalue weighted by atomic mass is 19.1. The minimum absolute atomic E-state index is 0.128. The topological polar surface area (TPSA) is 81.4 Å². The van der Waals surface area contributed by atoms with Gasteiger partial charge in [-0.2, -0.15) is 5.21 Å². The summed E-state index contributed by atoms with van der Waals surface area (Å²) in [5.74, 6) is 1.26. The highest BCUT2D eigenvalue weighted by Gasteiger charge is 2.21. The zero-order valence-corrected chi connectivity index (χ0v) is 20.8. The van der Waals surface area contributed by atoms with Crippen LogP contribution in [0, 0.1) is 11.8 Å². The third-order valence-electron chi connectivity index (χ3n) is 6.20. The van der Waals surface area contributed by atoms with Crippen LogP contribution in [0.5, 0.6) is 0 Å². The number of imidazole rings is 1. The zero-order chi connectivity index (χ0) is 24.9. The van der Waals surface area contributed by atoms with Crippen molar-refractivity contribution in [1.29, 1.82) is 0 Å². The first-order valence-corrected chi connectivity index (χ1v) is 12.2. The number of halogens is 1. The summed E-state index contributed by atoms with van der Waals surface area (Å²) in [5, 5.41) is 14.4. The summed E-state index contributed by atoms with van der Waals surface area (Å²) in [7, 11) is 0. The molecule has 0 aliphatic rings. The summed E-state index contributed by atoms with van der Waals surface area (Å²) in [6.07, 6.45) is 1.59. The van der Waals surface area contributed by atoms with E-state index in [0.29, 0.717) is 36.9 Å². The van der Waals surface area contributed by atoms with Crippen LogP contribution in [0.1, 0.15) is 51.1 Å². The van der Waals surface area contributed by atoms with Gasteiger partial charge in [-0.3, -0.25) is 9.13 Å². The third kappa shape index (κ3) is 5.42. The fourth-order valence-electron chi connectivity index (χ4n) is 4.44. The molecule has 4 rings (SSSR count).